The summed E-state index contributed by atoms with van der Waals surface area (Å²) >= 11 is 11.7. The van der Waals surface area contributed by atoms with Crippen LogP contribution in [0.25, 0.3) is 0 Å². The second-order valence-corrected chi connectivity index (χ2v) is 7.63. The molecule has 12 heteroatoms. The van der Waals surface area contributed by atoms with Gasteiger partial charge in [0.25, 0.3) is 0 Å². The summed E-state index contributed by atoms with van der Waals surface area (Å²) in [6.07, 6.45) is -4.86. The Morgan fingerprint density at radius 2 is 1.67 bits per heavy atom. The third kappa shape index (κ3) is 6.70. The zero-order valence-corrected chi connectivity index (χ0v) is 16.5. The van der Waals surface area contributed by atoms with Crippen LogP contribution in [0.1, 0.15) is 11.6 Å². The summed E-state index contributed by atoms with van der Waals surface area (Å²) in [5.41, 5.74) is 6.11. The first-order chi connectivity index (χ1) is 12.0. The van der Waals surface area contributed by atoms with Crippen molar-refractivity contribution in [2.45, 2.75) is 17.3 Å². The predicted octanol–water partition coefficient (Wildman–Crippen LogP) is 4.29. The molecule has 27 heavy (non-hydrogen) atoms. The number of halogens is 6. The summed E-state index contributed by atoms with van der Waals surface area (Å²) in [6, 6.07) is 7.52. The smallest absolute Gasteiger partial charge is 0.406 e. The SMILES string of the molecule is Cl.NC[C@H](NS(=O)(=O)c1ccc(OC(F)(F)F)cc1)c1ccc(Cl)c(Cl)c1. The number of nitrogens with two attached hydrogens (primary N) is 1. The molecule has 2 aromatic rings. The molecule has 0 aromatic heterocycles. The van der Waals surface area contributed by atoms with Gasteiger partial charge in [-0.3, -0.25) is 0 Å². The second kappa shape index (κ2) is 9.31. The van der Waals surface area contributed by atoms with E-state index < -0.39 is 28.2 Å². The van der Waals surface area contributed by atoms with Crippen molar-refractivity contribution in [3.05, 3.63) is 58.1 Å². The van der Waals surface area contributed by atoms with Gasteiger partial charge < -0.3 is 10.5 Å². The zero-order valence-electron chi connectivity index (χ0n) is 13.3. The van der Waals surface area contributed by atoms with Gasteiger partial charge in [0.15, 0.2) is 0 Å². The molecule has 2 rings (SSSR count). The van der Waals surface area contributed by atoms with E-state index >= 15 is 0 Å². The van der Waals surface area contributed by atoms with Crippen LogP contribution in [-0.2, 0) is 10.0 Å². The molecular weight excluding hydrogens is 452 g/mol. The molecule has 0 saturated heterocycles. The van der Waals surface area contributed by atoms with Crippen molar-refractivity contribution in [2.75, 3.05) is 6.54 Å². The van der Waals surface area contributed by atoms with Crippen LogP contribution in [0.2, 0.25) is 10.0 Å². The van der Waals surface area contributed by atoms with Gasteiger partial charge >= 0.3 is 6.36 Å². The van der Waals surface area contributed by atoms with Crippen LogP contribution in [0.3, 0.4) is 0 Å². The van der Waals surface area contributed by atoms with E-state index in [0.717, 1.165) is 24.3 Å². The minimum absolute atomic E-state index is 0. The summed E-state index contributed by atoms with van der Waals surface area (Å²) in [5.74, 6) is -0.531. The number of hydrogen-bond acceptors (Lipinski definition) is 4. The number of hydrogen-bond donors (Lipinski definition) is 2. The average molecular weight is 466 g/mol. The number of rotatable bonds is 6. The maximum Gasteiger partial charge on any atom is 0.573 e. The highest BCUT2D eigenvalue weighted by atomic mass is 35.5. The average Bonchev–Trinajstić information content (AvgIpc) is 2.54. The normalized spacial score (nSPS) is 13.0. The van der Waals surface area contributed by atoms with E-state index in [0.29, 0.717) is 10.6 Å². The van der Waals surface area contributed by atoms with Crippen LogP contribution < -0.4 is 15.2 Å². The lowest BCUT2D eigenvalue weighted by Gasteiger charge is -2.18. The lowest BCUT2D eigenvalue weighted by Crippen LogP contribution is -2.33. The van der Waals surface area contributed by atoms with Crippen LogP contribution >= 0.6 is 35.6 Å². The van der Waals surface area contributed by atoms with E-state index in [1.54, 1.807) is 6.07 Å². The highest BCUT2D eigenvalue weighted by Crippen LogP contribution is 2.27. The lowest BCUT2D eigenvalue weighted by molar-refractivity contribution is -0.274. The van der Waals surface area contributed by atoms with E-state index in [2.05, 4.69) is 9.46 Å². The quantitative estimate of drug-likeness (QED) is 0.667. The first-order valence-electron chi connectivity index (χ1n) is 7.05. The molecule has 0 aliphatic heterocycles. The maximum absolute atomic E-state index is 12.4. The molecule has 0 spiro atoms. The Bertz CT molecular complexity index is 878. The molecule has 5 nitrogen and oxygen atoms in total. The fourth-order valence-corrected chi connectivity index (χ4v) is 3.60. The van der Waals surface area contributed by atoms with Crippen molar-refractivity contribution in [2.24, 2.45) is 5.73 Å². The molecule has 0 heterocycles. The summed E-state index contributed by atoms with van der Waals surface area (Å²) in [5, 5.41) is 0.532. The summed E-state index contributed by atoms with van der Waals surface area (Å²) in [4.78, 5) is -0.245. The number of sulfonamides is 1. The van der Waals surface area contributed by atoms with Gasteiger partial charge in [-0.25, -0.2) is 13.1 Å². The van der Waals surface area contributed by atoms with E-state index in [-0.39, 0.29) is 28.9 Å². The number of ether oxygens (including phenoxy) is 1. The van der Waals surface area contributed by atoms with Gasteiger partial charge in [-0.2, -0.15) is 0 Å². The van der Waals surface area contributed by atoms with Crippen molar-refractivity contribution < 1.29 is 26.3 Å². The van der Waals surface area contributed by atoms with Crippen molar-refractivity contribution in [3.8, 4) is 5.75 Å². The lowest BCUT2D eigenvalue weighted by atomic mass is 10.1. The molecule has 0 fully saturated rings. The van der Waals surface area contributed by atoms with E-state index in [9.17, 15) is 21.6 Å². The molecule has 3 N–H and O–H groups in total. The van der Waals surface area contributed by atoms with E-state index in [4.69, 9.17) is 28.9 Å². The third-order valence-electron chi connectivity index (χ3n) is 3.25. The molecule has 0 aliphatic carbocycles. The molecule has 0 bridgehead atoms. The second-order valence-electron chi connectivity index (χ2n) is 5.10. The maximum atomic E-state index is 12.4. The molecule has 0 aliphatic rings. The zero-order chi connectivity index (χ0) is 19.5. The van der Waals surface area contributed by atoms with Gasteiger partial charge in [-0.15, -0.1) is 25.6 Å². The topological polar surface area (TPSA) is 81.4 Å². The number of alkyl halides is 3. The first kappa shape index (κ1) is 23.8. The third-order valence-corrected chi connectivity index (χ3v) is 5.47. The van der Waals surface area contributed by atoms with E-state index in [1.165, 1.54) is 12.1 Å². The van der Waals surface area contributed by atoms with Crippen LogP contribution in [-0.4, -0.2) is 21.3 Å². The number of nitrogens with one attached hydrogen (secondary N) is 1. The molecule has 0 radical (unpaired) electrons. The molecular formula is C15H14Cl3F3N2O3S. The minimum Gasteiger partial charge on any atom is -0.406 e. The monoisotopic (exact) mass is 464 g/mol. The highest BCUT2D eigenvalue weighted by molar-refractivity contribution is 7.89. The predicted molar refractivity (Wildman–Crippen MR) is 99.0 cm³/mol. The van der Waals surface area contributed by atoms with Gasteiger partial charge in [-0.1, -0.05) is 29.3 Å². The van der Waals surface area contributed by atoms with E-state index in [1.807, 2.05) is 0 Å². The highest BCUT2D eigenvalue weighted by Gasteiger charge is 2.31. The standard InChI is InChI=1S/C15H13Cl2F3N2O3S.ClH/c16-12-6-1-9(7-13(12)17)14(8-21)22-26(23,24)11-4-2-10(3-5-11)25-15(18,19)20;/h1-7,14,22H,8,21H2;1H/t14-;/m0./s1. The van der Waals surface area contributed by atoms with Crippen molar-refractivity contribution >= 4 is 45.6 Å². The Hall–Kier alpha value is -1.23. The van der Waals surface area contributed by atoms with Crippen LogP contribution in [0.15, 0.2) is 47.4 Å². The van der Waals surface area contributed by atoms with Gasteiger partial charge in [-0.05, 0) is 42.0 Å². The first-order valence-corrected chi connectivity index (χ1v) is 9.29. The largest absolute Gasteiger partial charge is 0.573 e. The van der Waals surface area contributed by atoms with Gasteiger partial charge in [0.1, 0.15) is 5.75 Å². The Labute approximate surface area is 170 Å². The summed E-state index contributed by atoms with van der Waals surface area (Å²) < 4.78 is 67.4. The molecule has 0 amide bonds. The van der Waals surface area contributed by atoms with Crippen molar-refractivity contribution in [1.29, 1.82) is 0 Å². The molecule has 0 unspecified atom stereocenters. The minimum atomic E-state index is -4.86. The Morgan fingerprint density at radius 3 is 2.15 bits per heavy atom. The molecule has 0 saturated carbocycles. The fraction of sp³-hybridized carbons (Fsp3) is 0.200. The summed E-state index contributed by atoms with van der Waals surface area (Å²) in [7, 11) is -4.05. The Kier molecular flexibility index (Phi) is 8.21. The van der Waals surface area contributed by atoms with Gasteiger partial charge in [0, 0.05) is 6.54 Å². The molecule has 2 aromatic carbocycles. The van der Waals surface area contributed by atoms with Gasteiger partial charge in [0.05, 0.1) is 21.0 Å². The molecule has 1 atom stereocenters. The van der Waals surface area contributed by atoms with Crippen LogP contribution in [0.5, 0.6) is 5.75 Å². The van der Waals surface area contributed by atoms with Crippen LogP contribution in [0, 0.1) is 0 Å². The van der Waals surface area contributed by atoms with Crippen molar-refractivity contribution in [1.82, 2.24) is 4.72 Å². The Morgan fingerprint density at radius 1 is 1.07 bits per heavy atom. The Balaban J connectivity index is 0.00000364. The van der Waals surface area contributed by atoms with Gasteiger partial charge in [0.2, 0.25) is 10.0 Å². The number of benzene rings is 2. The summed E-state index contributed by atoms with van der Waals surface area (Å²) in [6.45, 7) is -0.0769. The molecule has 150 valence electrons. The van der Waals surface area contributed by atoms with Crippen LogP contribution in [0.4, 0.5) is 13.2 Å². The fourth-order valence-electron chi connectivity index (χ4n) is 2.06. The van der Waals surface area contributed by atoms with Crippen molar-refractivity contribution in [3.63, 3.8) is 0 Å².